The lowest BCUT2D eigenvalue weighted by molar-refractivity contribution is -0.139. The summed E-state index contributed by atoms with van der Waals surface area (Å²) >= 11 is 0. The molecular weight excluding hydrogens is 340 g/mol. The van der Waals surface area contributed by atoms with Crippen LogP contribution < -0.4 is 14.8 Å². The predicted octanol–water partition coefficient (Wildman–Crippen LogP) is 1.50. The summed E-state index contributed by atoms with van der Waals surface area (Å²) in [7, 11) is 1.57. The maximum absolute atomic E-state index is 12.3. The second-order valence-electron chi connectivity index (χ2n) is 5.24. The molecule has 1 amide bonds. The number of benzene rings is 1. The first kappa shape index (κ1) is 19.2. The molecule has 0 fully saturated rings. The number of methoxy groups -OCH3 is 1. The molecule has 0 saturated carbocycles. The number of pyridine rings is 1. The Morgan fingerprint density at radius 3 is 2.77 bits per heavy atom. The van der Waals surface area contributed by atoms with Gasteiger partial charge in [-0.3, -0.25) is 4.79 Å². The second-order valence-corrected chi connectivity index (χ2v) is 5.24. The van der Waals surface area contributed by atoms with E-state index in [1.165, 1.54) is 6.20 Å². The number of hydrogen-bond acceptors (Lipinski definition) is 6. The summed E-state index contributed by atoms with van der Waals surface area (Å²) in [6.45, 7) is 0.625. The smallest absolute Gasteiger partial charge is 0.341 e. The molecule has 1 aromatic heterocycles. The number of nitrogens with one attached hydrogen (secondary N) is 1. The van der Waals surface area contributed by atoms with E-state index in [0.717, 1.165) is 5.56 Å². The van der Waals surface area contributed by atoms with E-state index in [1.54, 1.807) is 43.5 Å². The van der Waals surface area contributed by atoms with Crippen LogP contribution in [0.15, 0.2) is 42.6 Å². The normalized spacial score (nSPS) is 10.2. The van der Waals surface area contributed by atoms with Crippen LogP contribution in [0.25, 0.3) is 0 Å². The Kier molecular flexibility index (Phi) is 7.38. The van der Waals surface area contributed by atoms with Crippen LogP contribution in [0.2, 0.25) is 0 Å². The van der Waals surface area contributed by atoms with Crippen LogP contribution in [0.4, 0.5) is 0 Å². The van der Waals surface area contributed by atoms with Gasteiger partial charge in [-0.2, -0.15) is 0 Å². The van der Waals surface area contributed by atoms with E-state index in [4.69, 9.17) is 19.3 Å². The zero-order valence-corrected chi connectivity index (χ0v) is 14.3. The van der Waals surface area contributed by atoms with Gasteiger partial charge in [0, 0.05) is 31.5 Å². The van der Waals surface area contributed by atoms with E-state index in [-0.39, 0.29) is 12.5 Å². The quantitative estimate of drug-likeness (QED) is 0.618. The first-order valence-electron chi connectivity index (χ1n) is 7.88. The molecule has 2 rings (SSSR count). The summed E-state index contributed by atoms with van der Waals surface area (Å²) in [5.41, 5.74) is 1.21. The highest BCUT2D eigenvalue weighted by Crippen LogP contribution is 2.14. The number of rotatable bonds is 10. The first-order valence-corrected chi connectivity index (χ1v) is 7.88. The maximum Gasteiger partial charge on any atom is 0.341 e. The van der Waals surface area contributed by atoms with E-state index < -0.39 is 12.6 Å². The molecule has 8 nitrogen and oxygen atoms in total. The third-order valence-corrected chi connectivity index (χ3v) is 3.25. The zero-order valence-electron chi connectivity index (χ0n) is 14.3. The molecule has 0 radical (unpaired) electrons. The van der Waals surface area contributed by atoms with E-state index in [1.807, 2.05) is 0 Å². The standard InChI is InChI=1S/C18H20N2O6/c1-24-7-8-25-16-10-14(5-6-19-16)18(23)20-11-13-3-2-4-15(9-13)26-12-17(21)22/h2-6,9-10H,7-8,11-12H2,1H3,(H,20,23)(H,21,22). The predicted molar refractivity (Wildman–Crippen MR) is 92.4 cm³/mol. The Bertz CT molecular complexity index is 750. The van der Waals surface area contributed by atoms with Crippen molar-refractivity contribution in [3.8, 4) is 11.6 Å². The van der Waals surface area contributed by atoms with Crippen molar-refractivity contribution in [1.29, 1.82) is 0 Å². The number of hydrogen-bond donors (Lipinski definition) is 2. The summed E-state index contributed by atoms with van der Waals surface area (Å²) in [4.78, 5) is 26.8. The number of nitrogens with zero attached hydrogens (tertiary/aromatic N) is 1. The third kappa shape index (κ3) is 6.40. The molecule has 0 aliphatic rings. The number of aliphatic carboxylic acids is 1. The van der Waals surface area contributed by atoms with Gasteiger partial charge in [0.25, 0.3) is 5.91 Å². The number of aromatic nitrogens is 1. The van der Waals surface area contributed by atoms with Crippen LogP contribution in [0.3, 0.4) is 0 Å². The van der Waals surface area contributed by atoms with E-state index in [0.29, 0.717) is 30.4 Å². The highest BCUT2D eigenvalue weighted by atomic mass is 16.5. The van der Waals surface area contributed by atoms with E-state index in [2.05, 4.69) is 10.3 Å². The summed E-state index contributed by atoms with van der Waals surface area (Å²) in [5.74, 6) is -0.554. The molecule has 2 N–H and O–H groups in total. The average Bonchev–Trinajstić information content (AvgIpc) is 2.65. The number of carbonyl (C=O) groups excluding carboxylic acids is 1. The fourth-order valence-corrected chi connectivity index (χ4v) is 2.03. The van der Waals surface area contributed by atoms with Gasteiger partial charge in [-0.05, 0) is 23.8 Å². The number of carbonyl (C=O) groups is 2. The minimum atomic E-state index is -1.05. The minimum Gasteiger partial charge on any atom is -0.482 e. The average molecular weight is 360 g/mol. The summed E-state index contributed by atoms with van der Waals surface area (Å²) in [6, 6.07) is 10.0. The Labute approximate surface area is 150 Å². The Morgan fingerprint density at radius 1 is 1.15 bits per heavy atom. The van der Waals surface area contributed by atoms with Gasteiger partial charge in [0.2, 0.25) is 5.88 Å². The Morgan fingerprint density at radius 2 is 2.00 bits per heavy atom. The van der Waals surface area contributed by atoms with Crippen molar-refractivity contribution in [3.05, 3.63) is 53.7 Å². The van der Waals surface area contributed by atoms with Gasteiger partial charge in [0.05, 0.1) is 6.61 Å². The molecule has 0 spiro atoms. The molecule has 1 heterocycles. The lowest BCUT2D eigenvalue weighted by atomic mass is 10.2. The molecule has 1 aromatic carbocycles. The molecule has 0 aliphatic heterocycles. The fraction of sp³-hybridized carbons (Fsp3) is 0.278. The lowest BCUT2D eigenvalue weighted by Gasteiger charge is -2.09. The van der Waals surface area contributed by atoms with Gasteiger partial charge in [-0.25, -0.2) is 9.78 Å². The van der Waals surface area contributed by atoms with Gasteiger partial charge in [-0.15, -0.1) is 0 Å². The van der Waals surface area contributed by atoms with Gasteiger partial charge >= 0.3 is 5.97 Å². The van der Waals surface area contributed by atoms with Crippen molar-refractivity contribution in [2.45, 2.75) is 6.54 Å². The molecule has 0 aliphatic carbocycles. The summed E-state index contributed by atoms with van der Waals surface area (Å²) < 4.78 is 15.4. The van der Waals surface area contributed by atoms with Crippen molar-refractivity contribution >= 4 is 11.9 Å². The zero-order chi connectivity index (χ0) is 18.8. The lowest BCUT2D eigenvalue weighted by Crippen LogP contribution is -2.23. The van der Waals surface area contributed by atoms with Crippen LogP contribution in [0.5, 0.6) is 11.6 Å². The van der Waals surface area contributed by atoms with Gasteiger partial charge in [0.1, 0.15) is 12.4 Å². The van der Waals surface area contributed by atoms with E-state index >= 15 is 0 Å². The van der Waals surface area contributed by atoms with Crippen molar-refractivity contribution in [2.75, 3.05) is 26.9 Å². The van der Waals surface area contributed by atoms with Crippen LogP contribution in [0.1, 0.15) is 15.9 Å². The largest absolute Gasteiger partial charge is 0.482 e. The number of amides is 1. The van der Waals surface area contributed by atoms with Crippen LogP contribution in [-0.4, -0.2) is 48.9 Å². The highest BCUT2D eigenvalue weighted by Gasteiger charge is 2.08. The molecule has 138 valence electrons. The number of carboxylic acid groups (broad SMARTS) is 1. The van der Waals surface area contributed by atoms with Crippen LogP contribution in [-0.2, 0) is 16.1 Å². The Balaban J connectivity index is 1.91. The molecular formula is C18H20N2O6. The maximum atomic E-state index is 12.3. The molecule has 0 unspecified atom stereocenters. The van der Waals surface area contributed by atoms with Crippen molar-refractivity contribution < 1.29 is 28.9 Å². The van der Waals surface area contributed by atoms with Gasteiger partial charge in [0.15, 0.2) is 6.61 Å². The van der Waals surface area contributed by atoms with Crippen LogP contribution >= 0.6 is 0 Å². The topological polar surface area (TPSA) is 107 Å². The van der Waals surface area contributed by atoms with Crippen molar-refractivity contribution in [1.82, 2.24) is 10.3 Å². The number of carboxylic acids is 1. The molecule has 26 heavy (non-hydrogen) atoms. The highest BCUT2D eigenvalue weighted by molar-refractivity contribution is 5.94. The van der Waals surface area contributed by atoms with Gasteiger partial charge in [-0.1, -0.05) is 12.1 Å². The molecule has 2 aromatic rings. The second kappa shape index (κ2) is 10.00. The fourth-order valence-electron chi connectivity index (χ4n) is 2.03. The third-order valence-electron chi connectivity index (χ3n) is 3.25. The number of ether oxygens (including phenoxy) is 3. The van der Waals surface area contributed by atoms with Crippen molar-refractivity contribution in [2.24, 2.45) is 0 Å². The van der Waals surface area contributed by atoms with E-state index in [9.17, 15) is 9.59 Å². The summed E-state index contributed by atoms with van der Waals surface area (Å²) in [5, 5.41) is 11.4. The molecule has 8 heteroatoms. The first-order chi connectivity index (χ1) is 12.6. The van der Waals surface area contributed by atoms with Crippen LogP contribution in [0, 0.1) is 0 Å². The summed E-state index contributed by atoms with van der Waals surface area (Å²) in [6.07, 6.45) is 1.50. The monoisotopic (exact) mass is 360 g/mol. The van der Waals surface area contributed by atoms with Gasteiger partial charge < -0.3 is 24.6 Å². The Hall–Kier alpha value is -3.13. The molecule has 0 bridgehead atoms. The molecule has 0 atom stereocenters. The molecule has 0 saturated heterocycles. The minimum absolute atomic E-state index is 0.269. The van der Waals surface area contributed by atoms with Crippen molar-refractivity contribution in [3.63, 3.8) is 0 Å². The SMILES string of the molecule is COCCOc1cc(C(=O)NCc2cccc(OCC(=O)O)c2)ccn1.